The summed E-state index contributed by atoms with van der Waals surface area (Å²) in [7, 11) is -19.0. The van der Waals surface area contributed by atoms with Crippen LogP contribution in [-0.4, -0.2) is 38.9 Å². The van der Waals surface area contributed by atoms with E-state index >= 15 is 0 Å². The molecule has 0 fully saturated rings. The van der Waals surface area contributed by atoms with Crippen molar-refractivity contribution in [2.75, 3.05) is 22.9 Å². The number of nitrogens with two attached hydrogens (primary N) is 4. The van der Waals surface area contributed by atoms with Gasteiger partial charge in [-0.1, -0.05) is 42.5 Å². The molecule has 0 amide bonds. The Hall–Kier alpha value is -8.20. The molecule has 11 N–H and O–H groups in total. The fourth-order valence-electron chi connectivity index (χ4n) is 5.89. The molecule has 0 spiro atoms. The predicted molar refractivity (Wildman–Crippen MR) is 250 cm³/mol. The van der Waals surface area contributed by atoms with Crippen molar-refractivity contribution in [3.8, 4) is 0 Å². The molecule has 0 unspecified atom stereocenters. The van der Waals surface area contributed by atoms with Gasteiger partial charge in [0.2, 0.25) is 0 Å². The van der Waals surface area contributed by atoms with Crippen molar-refractivity contribution in [2.45, 2.75) is 21.1 Å². The van der Waals surface area contributed by atoms with Gasteiger partial charge in [0.05, 0.1) is 39.0 Å². The largest absolute Gasteiger partial charge is 0.397 e. The topological polar surface area (TPSA) is 454 Å². The molecule has 31 heteroatoms. The summed E-state index contributed by atoms with van der Waals surface area (Å²) in [5, 5.41) is 31.8. The Balaban J connectivity index is 1.39. The third-order valence-electron chi connectivity index (χ3n) is 9.04. The number of azo groups is 4. The Morgan fingerprint density at radius 3 is 1.31 bits per heavy atom. The fraction of sp³-hybridized carbons (Fsp3) is 0.0270. The SMILES string of the molecule is Nc1cc(N)c(N=Nc2ccccc2S(=O)(=O)O)cc1N=NC1=CC(S(N=O)(N=O)N=O)=C(c2ccc(N=Nc3cc(N=Nc4ccccc4S(=O)(=O)O)c(N)cc3N)cc2S(=O)(=O)O)C=CC1. The van der Waals surface area contributed by atoms with Crippen LogP contribution in [0.2, 0.25) is 0 Å². The zero-order valence-electron chi connectivity index (χ0n) is 34.0. The molecule has 0 saturated carbocycles. The van der Waals surface area contributed by atoms with E-state index in [1.807, 2.05) is 0 Å². The molecular weight excluding hydrogens is 975 g/mol. The Kier molecular flexibility index (Phi) is 14.3. The van der Waals surface area contributed by atoms with Crippen LogP contribution < -0.4 is 22.9 Å². The van der Waals surface area contributed by atoms with E-state index in [0.717, 1.165) is 30.3 Å². The lowest BCUT2D eigenvalue weighted by Gasteiger charge is -2.19. The number of nitrogen functional groups attached to an aromatic ring is 4. The minimum Gasteiger partial charge on any atom is -0.397 e. The number of nitroso groups, excluding NO2 is 3. The summed E-state index contributed by atoms with van der Waals surface area (Å²) in [5.74, 6) is 0. The van der Waals surface area contributed by atoms with E-state index < -0.39 is 66.1 Å². The van der Waals surface area contributed by atoms with Crippen molar-refractivity contribution >= 4 is 109 Å². The zero-order chi connectivity index (χ0) is 49.6. The average Bonchev–Trinajstić information content (AvgIpc) is 3.51. The molecule has 5 aromatic carbocycles. The lowest BCUT2D eigenvalue weighted by molar-refractivity contribution is 0.481. The highest BCUT2D eigenvalue weighted by Crippen LogP contribution is 2.63. The summed E-state index contributed by atoms with van der Waals surface area (Å²) < 4.78 is 110. The molecule has 0 aliphatic heterocycles. The van der Waals surface area contributed by atoms with Crippen molar-refractivity contribution in [1.29, 1.82) is 0 Å². The highest BCUT2D eigenvalue weighted by Gasteiger charge is 2.37. The Labute approximate surface area is 385 Å². The lowest BCUT2D eigenvalue weighted by atomic mass is 10.0. The van der Waals surface area contributed by atoms with Gasteiger partial charge in [0.15, 0.2) is 10.6 Å². The van der Waals surface area contributed by atoms with E-state index in [4.69, 9.17) is 22.9 Å². The molecule has 0 saturated heterocycles. The molecule has 5 aromatic rings. The van der Waals surface area contributed by atoms with Gasteiger partial charge < -0.3 is 22.9 Å². The van der Waals surface area contributed by atoms with Crippen LogP contribution in [0.5, 0.6) is 0 Å². The number of anilines is 4. The van der Waals surface area contributed by atoms with Crippen LogP contribution in [0.15, 0.2) is 189 Å². The molecule has 350 valence electrons. The van der Waals surface area contributed by atoms with E-state index in [1.54, 1.807) is 0 Å². The molecule has 0 atom stereocenters. The minimum atomic E-state index is -5.22. The molecule has 0 radical (unpaired) electrons. The van der Waals surface area contributed by atoms with Crippen LogP contribution in [0.25, 0.3) is 5.57 Å². The summed E-state index contributed by atoms with van der Waals surface area (Å²) >= 11 is 0. The molecule has 0 aromatic heterocycles. The van der Waals surface area contributed by atoms with Crippen molar-refractivity contribution in [3.63, 3.8) is 0 Å². The van der Waals surface area contributed by atoms with Crippen LogP contribution in [0.4, 0.5) is 62.6 Å². The van der Waals surface area contributed by atoms with Gasteiger partial charge in [-0.2, -0.15) is 35.5 Å². The fourth-order valence-corrected chi connectivity index (χ4v) is 8.95. The zero-order valence-corrected chi connectivity index (χ0v) is 37.2. The third kappa shape index (κ3) is 11.1. The van der Waals surface area contributed by atoms with Gasteiger partial charge in [-0.15, -0.1) is 45.4 Å². The average molecular weight is 1010 g/mol. The summed E-state index contributed by atoms with van der Waals surface area (Å²) in [4.78, 5) is 34.1. The van der Waals surface area contributed by atoms with Crippen LogP contribution in [-0.2, 0) is 30.4 Å². The number of rotatable bonds is 16. The first-order chi connectivity index (χ1) is 32.1. The van der Waals surface area contributed by atoms with E-state index in [9.17, 15) is 53.6 Å². The summed E-state index contributed by atoms with van der Waals surface area (Å²) in [5.41, 5.74) is 22.2. The molecule has 0 heterocycles. The van der Waals surface area contributed by atoms with Gasteiger partial charge in [0.25, 0.3) is 30.4 Å². The molecule has 1 aliphatic rings. The highest BCUT2D eigenvalue weighted by molar-refractivity contribution is 8.33. The van der Waals surface area contributed by atoms with Crippen LogP contribution >= 0.6 is 10.6 Å². The van der Waals surface area contributed by atoms with Gasteiger partial charge >= 0.3 is 0 Å². The first kappa shape index (κ1) is 49.2. The normalized spacial score (nSPS) is 14.2. The monoisotopic (exact) mass is 1010 g/mol. The second kappa shape index (κ2) is 19.7. The minimum absolute atomic E-state index is 0.0316. The molecule has 6 rings (SSSR count). The standard InChI is InChI=1S/C37H31N15O12S4/c38-24-16-26(40)32(48-44-28-8-1-3-10-34(28)66(56,57)58)18-30(24)46-42-20-6-5-7-22(36(14-20)65(50-53,51-54)52-55)23-13-12-21(15-37(23)68(62,63)64)43-47-31-19-33(27(41)17-25(31)39)49-45-29-9-2-4-11-35(29)67(59,60)61/h1-5,7-19H,6,38-41H2,(H,56,57,58)(H,59,60,61)(H,62,63,64). The van der Waals surface area contributed by atoms with Gasteiger partial charge in [-0.3, -0.25) is 13.7 Å². The summed E-state index contributed by atoms with van der Waals surface area (Å²) in [6, 6.07) is 18.3. The number of hydrogen-bond donors (Lipinski definition) is 7. The van der Waals surface area contributed by atoms with Crippen molar-refractivity contribution in [3.05, 3.63) is 140 Å². The second-order valence-electron chi connectivity index (χ2n) is 13.5. The Bertz CT molecular complexity index is 3470. The van der Waals surface area contributed by atoms with Crippen LogP contribution in [0.3, 0.4) is 0 Å². The maximum absolute atomic E-state index is 12.9. The second-order valence-corrected chi connectivity index (χ2v) is 19.6. The van der Waals surface area contributed by atoms with Crippen LogP contribution in [0.1, 0.15) is 12.0 Å². The van der Waals surface area contributed by atoms with Gasteiger partial charge in [-0.05, 0) is 66.7 Å². The third-order valence-corrected chi connectivity index (χ3v) is 13.3. The molecule has 68 heavy (non-hydrogen) atoms. The molecular formula is C37H31N15O12S4. The summed E-state index contributed by atoms with van der Waals surface area (Å²) in [6.45, 7) is 0. The van der Waals surface area contributed by atoms with Crippen molar-refractivity contribution in [1.82, 2.24) is 0 Å². The van der Waals surface area contributed by atoms with E-state index in [2.05, 4.69) is 54.7 Å². The van der Waals surface area contributed by atoms with Gasteiger partial charge in [0, 0.05) is 31.3 Å². The number of allylic oxidation sites excluding steroid dienone is 4. The molecule has 1 aliphatic carbocycles. The molecule has 0 bridgehead atoms. The first-order valence-electron chi connectivity index (χ1n) is 18.4. The lowest BCUT2D eigenvalue weighted by Crippen LogP contribution is -2.04. The van der Waals surface area contributed by atoms with Crippen molar-refractivity contribution in [2.24, 2.45) is 54.7 Å². The number of benzene rings is 5. The number of nitrogens with zero attached hydrogens (tertiary/aromatic N) is 11. The van der Waals surface area contributed by atoms with Crippen LogP contribution in [0, 0.1) is 14.7 Å². The van der Waals surface area contributed by atoms with Gasteiger partial charge in [-0.25, -0.2) is 0 Å². The van der Waals surface area contributed by atoms with E-state index in [1.165, 1.54) is 78.9 Å². The molecule has 27 nitrogen and oxygen atoms in total. The van der Waals surface area contributed by atoms with E-state index in [0.29, 0.717) is 0 Å². The maximum atomic E-state index is 12.9. The quantitative estimate of drug-likeness (QED) is 0.0209. The highest BCUT2D eigenvalue weighted by atomic mass is 32.3. The Morgan fingerprint density at radius 2 is 0.868 bits per heavy atom. The maximum Gasteiger partial charge on any atom is 0.296 e. The van der Waals surface area contributed by atoms with Gasteiger partial charge in [0.1, 0.15) is 48.8 Å². The number of hydrogen-bond acceptors (Lipinski definition) is 24. The smallest absolute Gasteiger partial charge is 0.296 e. The summed E-state index contributed by atoms with van der Waals surface area (Å²) in [6.07, 6.45) is 3.35. The first-order valence-corrected chi connectivity index (χ1v) is 24.2. The van der Waals surface area contributed by atoms with Crippen molar-refractivity contribution < 1.29 is 38.9 Å². The van der Waals surface area contributed by atoms with E-state index in [-0.39, 0.29) is 80.3 Å². The Morgan fingerprint density at radius 1 is 0.456 bits per heavy atom. The predicted octanol–water partition coefficient (Wildman–Crippen LogP) is 10.2.